The Kier molecular flexibility index (Phi) is 5.91. The van der Waals surface area contributed by atoms with Crippen LogP contribution in [0, 0.1) is 0 Å². The third-order valence-electron chi connectivity index (χ3n) is 9.83. The molecule has 10 aromatic rings. The lowest BCUT2D eigenvalue weighted by molar-refractivity contribution is 1.36. The van der Waals surface area contributed by atoms with E-state index in [1.165, 1.54) is 54.6 Å². The van der Waals surface area contributed by atoms with E-state index in [1.54, 1.807) is 0 Å². The Morgan fingerprint density at radius 2 is 0.729 bits per heavy atom. The van der Waals surface area contributed by atoms with Crippen molar-refractivity contribution in [3.05, 3.63) is 170 Å². The van der Waals surface area contributed by atoms with Gasteiger partial charge in [-0.25, -0.2) is 9.97 Å². The molecule has 2 heterocycles. The molecule has 0 spiro atoms. The standard InChI is InChI=1S/C46H28N2/c1-2-5-32(6-3-1)41-27-23-37-19-20-38-24-28-42(48-46(38)45(37)47-41)33-15-11-30(12-16-33)29-9-13-31(14-10-29)39-25-21-36-18-17-34-7-4-8-35-22-26-40(39)44(36)43(34)35/h1-28H. The summed E-state index contributed by atoms with van der Waals surface area (Å²) in [6.45, 7) is 0. The lowest BCUT2D eigenvalue weighted by atomic mass is 9.89. The fraction of sp³-hybridized carbons (Fsp3) is 0. The third-order valence-corrected chi connectivity index (χ3v) is 9.83. The zero-order valence-corrected chi connectivity index (χ0v) is 26.1. The van der Waals surface area contributed by atoms with Crippen molar-refractivity contribution in [2.75, 3.05) is 0 Å². The Morgan fingerprint density at radius 1 is 0.271 bits per heavy atom. The monoisotopic (exact) mass is 608 g/mol. The van der Waals surface area contributed by atoms with E-state index in [9.17, 15) is 0 Å². The number of pyridine rings is 2. The summed E-state index contributed by atoms with van der Waals surface area (Å²) in [6, 6.07) is 60.9. The Morgan fingerprint density at radius 3 is 1.35 bits per heavy atom. The van der Waals surface area contributed by atoms with Gasteiger partial charge in [0.2, 0.25) is 0 Å². The molecule has 222 valence electrons. The molecule has 8 aromatic carbocycles. The quantitative estimate of drug-likeness (QED) is 0.186. The van der Waals surface area contributed by atoms with Crippen molar-refractivity contribution in [1.82, 2.24) is 9.97 Å². The molecule has 0 saturated heterocycles. The molecule has 0 fully saturated rings. The Balaban J connectivity index is 0.984. The SMILES string of the molecule is c1ccc(-c2ccc3ccc4ccc(-c5ccc(-c6ccc(-c7ccc8ccc9cccc%10ccc7c8c9%10)cc6)cc5)nc4c3n2)cc1. The maximum atomic E-state index is 5.15. The van der Waals surface area contributed by atoms with Crippen LogP contribution in [-0.2, 0) is 0 Å². The molecule has 0 unspecified atom stereocenters. The maximum absolute atomic E-state index is 5.15. The van der Waals surface area contributed by atoms with Gasteiger partial charge in [-0.1, -0.05) is 158 Å². The van der Waals surface area contributed by atoms with Crippen molar-refractivity contribution in [3.8, 4) is 44.8 Å². The molecule has 48 heavy (non-hydrogen) atoms. The van der Waals surface area contributed by atoms with Crippen LogP contribution in [0.5, 0.6) is 0 Å². The van der Waals surface area contributed by atoms with E-state index in [-0.39, 0.29) is 0 Å². The molecule has 0 amide bonds. The third kappa shape index (κ3) is 4.27. The van der Waals surface area contributed by atoms with Crippen LogP contribution in [-0.4, -0.2) is 9.97 Å². The number of fused-ring (bicyclic) bond motifs is 3. The highest BCUT2D eigenvalue weighted by molar-refractivity contribution is 6.25. The van der Waals surface area contributed by atoms with Crippen molar-refractivity contribution in [2.24, 2.45) is 0 Å². The zero-order valence-electron chi connectivity index (χ0n) is 26.1. The van der Waals surface area contributed by atoms with Crippen molar-refractivity contribution in [1.29, 1.82) is 0 Å². The molecule has 0 aliphatic rings. The van der Waals surface area contributed by atoms with Crippen LogP contribution in [0.3, 0.4) is 0 Å². The van der Waals surface area contributed by atoms with Gasteiger partial charge in [-0.2, -0.15) is 0 Å². The van der Waals surface area contributed by atoms with Gasteiger partial charge in [-0.3, -0.25) is 0 Å². The van der Waals surface area contributed by atoms with Gasteiger partial charge in [-0.15, -0.1) is 0 Å². The summed E-state index contributed by atoms with van der Waals surface area (Å²) in [5.41, 5.74) is 10.8. The fourth-order valence-electron chi connectivity index (χ4n) is 7.36. The molecule has 0 aliphatic carbocycles. The summed E-state index contributed by atoms with van der Waals surface area (Å²) < 4.78 is 0. The van der Waals surface area contributed by atoms with E-state index in [0.717, 1.165) is 44.3 Å². The lowest BCUT2D eigenvalue weighted by Crippen LogP contribution is -1.91. The minimum absolute atomic E-state index is 0.925. The maximum Gasteiger partial charge on any atom is 0.0972 e. The first kappa shape index (κ1) is 26.8. The number of nitrogens with zero attached hydrogens (tertiary/aromatic N) is 2. The summed E-state index contributed by atoms with van der Waals surface area (Å²) in [4.78, 5) is 10.2. The highest BCUT2D eigenvalue weighted by atomic mass is 14.8. The molecular weight excluding hydrogens is 581 g/mol. The molecule has 2 nitrogen and oxygen atoms in total. The molecule has 0 aliphatic heterocycles. The van der Waals surface area contributed by atoms with Crippen molar-refractivity contribution >= 4 is 54.1 Å². The Bertz CT molecular complexity index is 2780. The topological polar surface area (TPSA) is 25.8 Å². The van der Waals surface area contributed by atoms with Crippen LogP contribution >= 0.6 is 0 Å². The Hall–Kier alpha value is -6.38. The number of rotatable bonds is 4. The van der Waals surface area contributed by atoms with Crippen molar-refractivity contribution in [2.45, 2.75) is 0 Å². The van der Waals surface area contributed by atoms with E-state index < -0.39 is 0 Å². The van der Waals surface area contributed by atoms with Crippen molar-refractivity contribution in [3.63, 3.8) is 0 Å². The zero-order chi connectivity index (χ0) is 31.6. The minimum atomic E-state index is 0.925. The van der Waals surface area contributed by atoms with Crippen LogP contribution < -0.4 is 0 Å². The number of hydrogen-bond donors (Lipinski definition) is 0. The first-order chi connectivity index (χ1) is 23.8. The van der Waals surface area contributed by atoms with Gasteiger partial charge in [0.15, 0.2) is 0 Å². The normalized spacial score (nSPS) is 11.8. The molecule has 0 saturated carbocycles. The molecule has 10 rings (SSSR count). The molecule has 2 heteroatoms. The number of hydrogen-bond acceptors (Lipinski definition) is 2. The molecule has 0 radical (unpaired) electrons. The van der Waals surface area contributed by atoms with Gasteiger partial charge in [0.1, 0.15) is 0 Å². The first-order valence-electron chi connectivity index (χ1n) is 16.4. The minimum Gasteiger partial charge on any atom is -0.245 e. The van der Waals surface area contributed by atoms with Gasteiger partial charge in [0, 0.05) is 21.9 Å². The van der Waals surface area contributed by atoms with Gasteiger partial charge in [0.25, 0.3) is 0 Å². The van der Waals surface area contributed by atoms with Crippen molar-refractivity contribution < 1.29 is 0 Å². The van der Waals surface area contributed by atoms with Gasteiger partial charge in [0.05, 0.1) is 22.4 Å². The van der Waals surface area contributed by atoms with Gasteiger partial charge >= 0.3 is 0 Å². The summed E-state index contributed by atoms with van der Waals surface area (Å²) in [5.74, 6) is 0. The van der Waals surface area contributed by atoms with E-state index in [0.29, 0.717) is 0 Å². The average Bonchev–Trinajstić information content (AvgIpc) is 3.17. The predicted octanol–water partition coefficient (Wildman–Crippen LogP) is 12.3. The molecule has 0 bridgehead atoms. The van der Waals surface area contributed by atoms with E-state index in [2.05, 4.69) is 152 Å². The second-order valence-electron chi connectivity index (χ2n) is 12.6. The van der Waals surface area contributed by atoms with E-state index >= 15 is 0 Å². The smallest absolute Gasteiger partial charge is 0.0972 e. The van der Waals surface area contributed by atoms with Crippen LogP contribution in [0.15, 0.2) is 170 Å². The van der Waals surface area contributed by atoms with Crippen LogP contribution in [0.25, 0.3) is 98.9 Å². The average molecular weight is 609 g/mol. The predicted molar refractivity (Wildman–Crippen MR) is 202 cm³/mol. The molecule has 0 N–H and O–H groups in total. The largest absolute Gasteiger partial charge is 0.245 e. The van der Waals surface area contributed by atoms with E-state index in [4.69, 9.17) is 9.97 Å². The first-order valence-corrected chi connectivity index (χ1v) is 16.4. The summed E-state index contributed by atoms with van der Waals surface area (Å²) >= 11 is 0. The van der Waals surface area contributed by atoms with Gasteiger partial charge in [-0.05, 0) is 66.7 Å². The van der Waals surface area contributed by atoms with Gasteiger partial charge < -0.3 is 0 Å². The highest BCUT2D eigenvalue weighted by Crippen LogP contribution is 2.39. The van der Waals surface area contributed by atoms with E-state index in [1.807, 2.05) is 18.2 Å². The van der Waals surface area contributed by atoms with Crippen LogP contribution in [0.2, 0.25) is 0 Å². The second-order valence-corrected chi connectivity index (χ2v) is 12.6. The number of benzene rings is 8. The number of aromatic nitrogens is 2. The fourth-order valence-corrected chi connectivity index (χ4v) is 7.36. The summed E-state index contributed by atoms with van der Waals surface area (Å²) in [7, 11) is 0. The van der Waals surface area contributed by atoms with Crippen LogP contribution in [0.4, 0.5) is 0 Å². The molecular formula is C46H28N2. The van der Waals surface area contributed by atoms with Crippen LogP contribution in [0.1, 0.15) is 0 Å². The summed E-state index contributed by atoms with van der Waals surface area (Å²) in [6.07, 6.45) is 0. The lowest BCUT2D eigenvalue weighted by Gasteiger charge is -2.14. The second kappa shape index (κ2) is 10.6. The highest BCUT2D eigenvalue weighted by Gasteiger charge is 2.13. The molecule has 2 aromatic heterocycles. The summed E-state index contributed by atoms with van der Waals surface area (Å²) in [5, 5.41) is 10.1. The molecule has 0 atom stereocenters. The Labute approximate surface area is 277 Å².